The van der Waals surface area contributed by atoms with Crippen molar-refractivity contribution >= 4 is 39.1 Å². The molecule has 4 nitrogen and oxygen atoms in total. The molecule has 5 heteroatoms. The van der Waals surface area contributed by atoms with E-state index >= 15 is 0 Å². The number of anilines is 3. The number of hydrogen-bond donors (Lipinski definition) is 0. The third-order valence-electron chi connectivity index (χ3n) is 3.64. The van der Waals surface area contributed by atoms with Crippen LogP contribution in [0.25, 0.3) is 0 Å². The predicted molar refractivity (Wildman–Crippen MR) is 108 cm³/mol. The van der Waals surface area contributed by atoms with Gasteiger partial charge in [0.1, 0.15) is 5.60 Å². The second kappa shape index (κ2) is 7.91. The van der Waals surface area contributed by atoms with Crippen LogP contribution in [-0.4, -0.2) is 25.3 Å². The largest absolute Gasteiger partial charge is 0.443 e. The summed E-state index contributed by atoms with van der Waals surface area (Å²) < 4.78 is 6.52. The summed E-state index contributed by atoms with van der Waals surface area (Å²) in [6, 6.07) is 16.0. The highest BCUT2D eigenvalue weighted by molar-refractivity contribution is 9.10. The van der Waals surface area contributed by atoms with E-state index < -0.39 is 5.60 Å². The van der Waals surface area contributed by atoms with Crippen molar-refractivity contribution in [3.63, 3.8) is 0 Å². The summed E-state index contributed by atoms with van der Waals surface area (Å²) in [6.45, 7) is 8.46. The van der Waals surface area contributed by atoms with Gasteiger partial charge in [-0.15, -0.1) is 0 Å². The maximum atomic E-state index is 12.5. The number of amides is 1. The van der Waals surface area contributed by atoms with Crippen LogP contribution in [-0.2, 0) is 4.74 Å². The van der Waals surface area contributed by atoms with Crippen LogP contribution in [0, 0.1) is 0 Å². The number of carbonyl (C=O) groups excluding carboxylic acids is 1. The van der Waals surface area contributed by atoms with E-state index in [1.165, 1.54) is 0 Å². The van der Waals surface area contributed by atoms with Crippen LogP contribution in [0.4, 0.5) is 21.9 Å². The molecule has 1 amide bonds. The van der Waals surface area contributed by atoms with Gasteiger partial charge in [-0.25, -0.2) is 4.79 Å². The number of hydrogen-bond acceptors (Lipinski definition) is 3. The topological polar surface area (TPSA) is 32.8 Å². The Morgan fingerprint density at radius 2 is 1.72 bits per heavy atom. The monoisotopic (exact) mass is 404 g/mol. The lowest BCUT2D eigenvalue weighted by atomic mass is 10.2. The molecule has 0 saturated carbocycles. The summed E-state index contributed by atoms with van der Waals surface area (Å²) in [5.41, 5.74) is 2.28. The first-order valence-electron chi connectivity index (χ1n) is 8.32. The summed E-state index contributed by atoms with van der Waals surface area (Å²) >= 11 is 3.52. The molecule has 0 N–H and O–H groups in total. The van der Waals surface area contributed by atoms with Crippen molar-refractivity contribution in [2.75, 3.05) is 23.4 Å². The summed E-state index contributed by atoms with van der Waals surface area (Å²) in [4.78, 5) is 16.2. The number of ether oxygens (including phenoxy) is 1. The van der Waals surface area contributed by atoms with Gasteiger partial charge in [0.15, 0.2) is 0 Å². The van der Waals surface area contributed by atoms with E-state index in [9.17, 15) is 4.79 Å². The Balaban J connectivity index is 2.41. The molecule has 0 unspecified atom stereocenters. The van der Waals surface area contributed by atoms with E-state index in [0.29, 0.717) is 0 Å². The fraction of sp³-hybridized carbons (Fsp3) is 0.350. The number of rotatable bonds is 4. The van der Waals surface area contributed by atoms with Gasteiger partial charge in [0.2, 0.25) is 0 Å². The second-order valence-corrected chi connectivity index (χ2v) is 7.67. The van der Waals surface area contributed by atoms with Crippen molar-refractivity contribution in [3.05, 3.63) is 53.0 Å². The Morgan fingerprint density at radius 3 is 2.28 bits per heavy atom. The number of nitrogens with zero attached hydrogens (tertiary/aromatic N) is 2. The normalized spacial score (nSPS) is 11.1. The van der Waals surface area contributed by atoms with Gasteiger partial charge in [-0.1, -0.05) is 34.1 Å². The third kappa shape index (κ3) is 4.98. The quantitative estimate of drug-likeness (QED) is 0.628. The van der Waals surface area contributed by atoms with E-state index in [2.05, 4.69) is 39.9 Å². The van der Waals surface area contributed by atoms with Crippen molar-refractivity contribution < 1.29 is 9.53 Å². The van der Waals surface area contributed by atoms with E-state index in [4.69, 9.17) is 4.74 Å². The number of halogens is 1. The molecule has 0 spiro atoms. The predicted octanol–water partition coefficient (Wildman–Crippen LogP) is 5.98. The molecule has 0 aliphatic heterocycles. The first-order chi connectivity index (χ1) is 11.7. The summed E-state index contributed by atoms with van der Waals surface area (Å²) in [5, 5.41) is 0. The molecule has 25 heavy (non-hydrogen) atoms. The van der Waals surface area contributed by atoms with Crippen LogP contribution < -0.4 is 9.80 Å². The Bertz CT molecular complexity index is 740. The smallest absolute Gasteiger partial charge is 0.414 e. The number of benzene rings is 2. The molecule has 0 saturated heterocycles. The van der Waals surface area contributed by atoms with Gasteiger partial charge in [0.25, 0.3) is 0 Å². The van der Waals surface area contributed by atoms with Gasteiger partial charge >= 0.3 is 6.09 Å². The molecular weight excluding hydrogens is 380 g/mol. The molecule has 0 radical (unpaired) electrons. The van der Waals surface area contributed by atoms with Gasteiger partial charge in [0, 0.05) is 23.8 Å². The molecule has 134 valence electrons. The van der Waals surface area contributed by atoms with Crippen molar-refractivity contribution in [1.82, 2.24) is 0 Å². The lowest BCUT2D eigenvalue weighted by Gasteiger charge is -2.30. The molecule has 0 aromatic heterocycles. The standard InChI is InChI=1S/C20H25BrN2O2/c1-6-23(16-11-9-10-15(21)14-16)18-13-8-7-12-17(18)22(5)19(24)25-20(2,3)4/h7-14H,6H2,1-5H3. The molecule has 0 bridgehead atoms. The van der Waals surface area contributed by atoms with Gasteiger partial charge < -0.3 is 9.64 Å². The number of carbonyl (C=O) groups is 1. The van der Waals surface area contributed by atoms with Crippen LogP contribution in [0.3, 0.4) is 0 Å². The first kappa shape index (κ1) is 19.3. The maximum Gasteiger partial charge on any atom is 0.414 e. The Kier molecular flexibility index (Phi) is 6.11. The molecular formula is C20H25BrN2O2. The van der Waals surface area contributed by atoms with Gasteiger partial charge in [-0.05, 0) is 58.0 Å². The third-order valence-corrected chi connectivity index (χ3v) is 4.13. The minimum Gasteiger partial charge on any atom is -0.443 e. The molecule has 0 fully saturated rings. The molecule has 0 aliphatic rings. The zero-order valence-electron chi connectivity index (χ0n) is 15.4. The molecule has 2 rings (SSSR count). The summed E-state index contributed by atoms with van der Waals surface area (Å²) in [5.74, 6) is 0. The number of para-hydroxylation sites is 2. The molecule has 0 aliphatic carbocycles. The Morgan fingerprint density at radius 1 is 1.08 bits per heavy atom. The van der Waals surface area contributed by atoms with Crippen LogP contribution in [0.1, 0.15) is 27.7 Å². The second-order valence-electron chi connectivity index (χ2n) is 6.75. The molecule has 0 heterocycles. The molecule has 2 aromatic rings. The fourth-order valence-electron chi connectivity index (χ4n) is 2.54. The maximum absolute atomic E-state index is 12.5. The van der Waals surface area contributed by atoms with Gasteiger partial charge in [-0.2, -0.15) is 0 Å². The highest BCUT2D eigenvalue weighted by Gasteiger charge is 2.23. The van der Waals surface area contributed by atoms with Crippen LogP contribution in [0.5, 0.6) is 0 Å². The van der Waals surface area contributed by atoms with Crippen LogP contribution >= 0.6 is 15.9 Å². The van der Waals surface area contributed by atoms with Crippen molar-refractivity contribution in [2.45, 2.75) is 33.3 Å². The average molecular weight is 405 g/mol. The van der Waals surface area contributed by atoms with Crippen LogP contribution in [0.15, 0.2) is 53.0 Å². The van der Waals surface area contributed by atoms with Crippen molar-refractivity contribution in [1.29, 1.82) is 0 Å². The molecule has 2 aromatic carbocycles. The highest BCUT2D eigenvalue weighted by Crippen LogP contribution is 2.35. The Labute approximate surface area is 158 Å². The minimum absolute atomic E-state index is 0.370. The zero-order chi connectivity index (χ0) is 18.6. The minimum atomic E-state index is -0.533. The summed E-state index contributed by atoms with van der Waals surface area (Å²) in [6.07, 6.45) is -0.370. The Hall–Kier alpha value is -2.01. The van der Waals surface area contributed by atoms with Gasteiger partial charge in [-0.3, -0.25) is 4.90 Å². The van der Waals surface area contributed by atoms with Crippen molar-refractivity contribution in [3.8, 4) is 0 Å². The molecule has 0 atom stereocenters. The van der Waals surface area contributed by atoms with E-state index in [0.717, 1.165) is 28.1 Å². The van der Waals surface area contributed by atoms with Gasteiger partial charge in [0.05, 0.1) is 11.4 Å². The lowest BCUT2D eigenvalue weighted by molar-refractivity contribution is 0.0589. The zero-order valence-corrected chi connectivity index (χ0v) is 17.0. The van der Waals surface area contributed by atoms with Crippen LogP contribution in [0.2, 0.25) is 0 Å². The first-order valence-corrected chi connectivity index (χ1v) is 9.11. The fourth-order valence-corrected chi connectivity index (χ4v) is 2.93. The highest BCUT2D eigenvalue weighted by atomic mass is 79.9. The van der Waals surface area contributed by atoms with Crippen molar-refractivity contribution in [2.24, 2.45) is 0 Å². The van der Waals surface area contributed by atoms with E-state index in [1.807, 2.05) is 57.2 Å². The van der Waals surface area contributed by atoms with E-state index in [-0.39, 0.29) is 6.09 Å². The summed E-state index contributed by atoms with van der Waals surface area (Å²) in [7, 11) is 1.74. The average Bonchev–Trinajstić information content (AvgIpc) is 2.54. The SMILES string of the molecule is CCN(c1cccc(Br)c1)c1ccccc1N(C)C(=O)OC(C)(C)C. The lowest BCUT2D eigenvalue weighted by Crippen LogP contribution is -2.35. The van der Waals surface area contributed by atoms with E-state index in [1.54, 1.807) is 11.9 Å².